The maximum atomic E-state index is 6.20. The summed E-state index contributed by atoms with van der Waals surface area (Å²) in [5.41, 5.74) is 3.01. The number of rotatable bonds is 7. The molecule has 4 aromatic rings. The van der Waals surface area contributed by atoms with E-state index in [4.69, 9.17) is 11.6 Å². The average molecular weight is 391 g/mol. The third-order valence-electron chi connectivity index (χ3n) is 4.33. The summed E-state index contributed by atoms with van der Waals surface area (Å²) >= 11 is 6.20. The summed E-state index contributed by atoms with van der Waals surface area (Å²) in [5.74, 6) is 1.33. The molecular weight excluding hydrogens is 372 g/mol. The Morgan fingerprint density at radius 3 is 2.68 bits per heavy atom. The summed E-state index contributed by atoms with van der Waals surface area (Å²) < 4.78 is 0. The number of nitrogens with one attached hydrogen (secondary N) is 2. The van der Waals surface area contributed by atoms with Gasteiger partial charge in [0.2, 0.25) is 5.95 Å². The molecule has 7 heteroatoms. The van der Waals surface area contributed by atoms with Crippen molar-refractivity contribution >= 4 is 34.3 Å². The van der Waals surface area contributed by atoms with E-state index in [2.05, 4.69) is 36.6 Å². The van der Waals surface area contributed by atoms with E-state index in [1.807, 2.05) is 42.6 Å². The Bertz CT molecular complexity index is 1070. The molecule has 3 heterocycles. The number of fused-ring (bicyclic) bond motifs is 1. The van der Waals surface area contributed by atoms with Crippen molar-refractivity contribution in [3.05, 3.63) is 83.4 Å². The van der Waals surface area contributed by atoms with Crippen LogP contribution in [0.3, 0.4) is 0 Å². The summed E-state index contributed by atoms with van der Waals surface area (Å²) in [4.78, 5) is 17.6. The molecule has 0 fully saturated rings. The van der Waals surface area contributed by atoms with Crippen LogP contribution in [0.2, 0.25) is 5.02 Å². The molecule has 0 aliphatic rings. The molecule has 2 N–H and O–H groups in total. The molecule has 1 aromatic carbocycles. The second-order valence-corrected chi connectivity index (χ2v) is 6.68. The first-order chi connectivity index (χ1) is 13.8. The van der Waals surface area contributed by atoms with Crippen LogP contribution in [-0.2, 0) is 13.0 Å². The van der Waals surface area contributed by atoms with Crippen molar-refractivity contribution in [1.29, 1.82) is 0 Å². The lowest BCUT2D eigenvalue weighted by Gasteiger charge is -2.10. The van der Waals surface area contributed by atoms with Gasteiger partial charge in [0.15, 0.2) is 0 Å². The molecule has 0 saturated carbocycles. The molecule has 0 unspecified atom stereocenters. The number of pyridine rings is 2. The molecule has 6 nitrogen and oxygen atoms in total. The number of anilines is 2. The molecule has 0 saturated heterocycles. The Balaban J connectivity index is 1.44. The Morgan fingerprint density at radius 2 is 1.82 bits per heavy atom. The van der Waals surface area contributed by atoms with Crippen molar-refractivity contribution in [3.8, 4) is 0 Å². The second kappa shape index (κ2) is 8.63. The van der Waals surface area contributed by atoms with E-state index in [1.165, 1.54) is 5.56 Å². The first kappa shape index (κ1) is 18.1. The molecule has 28 heavy (non-hydrogen) atoms. The quantitative estimate of drug-likeness (QED) is 0.489. The fourth-order valence-corrected chi connectivity index (χ4v) is 3.07. The van der Waals surface area contributed by atoms with Gasteiger partial charge < -0.3 is 10.6 Å². The number of aromatic nitrogens is 4. The van der Waals surface area contributed by atoms with Gasteiger partial charge in [0.1, 0.15) is 5.82 Å². The number of halogens is 1. The molecule has 0 amide bonds. The second-order valence-electron chi connectivity index (χ2n) is 6.27. The molecule has 0 bridgehead atoms. The molecular formula is C21H19ClN6. The highest BCUT2D eigenvalue weighted by atomic mass is 35.5. The van der Waals surface area contributed by atoms with E-state index < -0.39 is 0 Å². The summed E-state index contributed by atoms with van der Waals surface area (Å²) in [6.07, 6.45) is 8.05. The lowest BCUT2D eigenvalue weighted by atomic mass is 10.2. The minimum absolute atomic E-state index is 0.555. The van der Waals surface area contributed by atoms with Gasteiger partial charge in [-0.2, -0.15) is 0 Å². The Hall–Kier alpha value is -3.25. The number of benzene rings is 1. The zero-order valence-electron chi connectivity index (χ0n) is 15.1. The van der Waals surface area contributed by atoms with Crippen LogP contribution in [0.1, 0.15) is 11.1 Å². The maximum absolute atomic E-state index is 6.20. The van der Waals surface area contributed by atoms with Crippen molar-refractivity contribution in [2.75, 3.05) is 17.2 Å². The minimum Gasteiger partial charge on any atom is -0.369 e. The van der Waals surface area contributed by atoms with Crippen molar-refractivity contribution in [2.45, 2.75) is 13.0 Å². The summed E-state index contributed by atoms with van der Waals surface area (Å²) in [5, 5.41) is 8.20. The fraction of sp³-hybridized carbons (Fsp3) is 0.143. The van der Waals surface area contributed by atoms with Gasteiger partial charge in [-0.05, 0) is 35.7 Å². The van der Waals surface area contributed by atoms with Gasteiger partial charge in [-0.1, -0.05) is 35.9 Å². The lowest BCUT2D eigenvalue weighted by Crippen LogP contribution is -2.08. The van der Waals surface area contributed by atoms with E-state index in [1.54, 1.807) is 18.6 Å². The summed E-state index contributed by atoms with van der Waals surface area (Å²) in [6.45, 7) is 1.32. The van der Waals surface area contributed by atoms with Crippen molar-refractivity contribution in [3.63, 3.8) is 0 Å². The highest BCUT2D eigenvalue weighted by Gasteiger charge is 2.06. The van der Waals surface area contributed by atoms with Crippen LogP contribution in [0.15, 0.2) is 67.3 Å². The number of nitrogens with zero attached hydrogens (tertiary/aromatic N) is 4. The molecule has 0 aliphatic heterocycles. The molecule has 0 spiro atoms. The fourth-order valence-electron chi connectivity index (χ4n) is 2.87. The first-order valence-electron chi connectivity index (χ1n) is 9.01. The van der Waals surface area contributed by atoms with Crippen LogP contribution in [0.4, 0.5) is 11.8 Å². The Labute approximate surface area is 168 Å². The van der Waals surface area contributed by atoms with E-state index in [-0.39, 0.29) is 0 Å². The molecule has 0 radical (unpaired) electrons. The van der Waals surface area contributed by atoms with Gasteiger partial charge in [-0.15, -0.1) is 0 Å². The predicted molar refractivity (Wildman–Crippen MR) is 113 cm³/mol. The topological polar surface area (TPSA) is 75.6 Å². The predicted octanol–water partition coefficient (Wildman–Crippen LogP) is 4.34. The third-order valence-corrected chi connectivity index (χ3v) is 4.70. The zero-order chi connectivity index (χ0) is 19.2. The van der Waals surface area contributed by atoms with Crippen LogP contribution < -0.4 is 10.6 Å². The van der Waals surface area contributed by atoms with Crippen LogP contribution >= 0.6 is 11.6 Å². The van der Waals surface area contributed by atoms with Gasteiger partial charge in [-0.3, -0.25) is 4.98 Å². The van der Waals surface area contributed by atoms with E-state index in [9.17, 15) is 0 Å². The Kier molecular flexibility index (Phi) is 5.58. The Morgan fingerprint density at radius 1 is 0.893 bits per heavy atom. The maximum Gasteiger partial charge on any atom is 0.223 e. The normalized spacial score (nSPS) is 10.8. The van der Waals surface area contributed by atoms with Gasteiger partial charge >= 0.3 is 0 Å². The van der Waals surface area contributed by atoms with Gasteiger partial charge in [0.25, 0.3) is 0 Å². The minimum atomic E-state index is 0.555. The van der Waals surface area contributed by atoms with Gasteiger partial charge in [0, 0.05) is 42.9 Å². The monoisotopic (exact) mass is 390 g/mol. The molecule has 4 rings (SSSR count). The van der Waals surface area contributed by atoms with Gasteiger partial charge in [-0.25, -0.2) is 15.0 Å². The standard InChI is InChI=1S/C21H19ClN6/c22-18-6-2-1-5-16(18)13-26-21-27-14-17-19(28-21)8-11-25-20(17)24-10-7-15-4-3-9-23-12-15/h1-6,8-9,11-12,14H,7,10,13H2,(H,24,25)(H,26,27,28). The van der Waals surface area contributed by atoms with Crippen molar-refractivity contribution in [2.24, 2.45) is 0 Å². The van der Waals surface area contributed by atoms with E-state index in [0.29, 0.717) is 12.5 Å². The lowest BCUT2D eigenvalue weighted by molar-refractivity contribution is 0.995. The van der Waals surface area contributed by atoms with Crippen LogP contribution in [0.5, 0.6) is 0 Å². The number of hydrogen-bond acceptors (Lipinski definition) is 6. The largest absolute Gasteiger partial charge is 0.369 e. The van der Waals surface area contributed by atoms with Crippen LogP contribution in [-0.4, -0.2) is 26.5 Å². The summed E-state index contributed by atoms with van der Waals surface area (Å²) in [6, 6.07) is 13.6. The molecule has 140 valence electrons. The highest BCUT2D eigenvalue weighted by Crippen LogP contribution is 2.21. The van der Waals surface area contributed by atoms with Crippen molar-refractivity contribution in [1.82, 2.24) is 19.9 Å². The molecule has 3 aromatic heterocycles. The van der Waals surface area contributed by atoms with Crippen molar-refractivity contribution < 1.29 is 0 Å². The zero-order valence-corrected chi connectivity index (χ0v) is 15.9. The molecule has 0 atom stereocenters. The summed E-state index contributed by atoms with van der Waals surface area (Å²) in [7, 11) is 0. The van der Waals surface area contributed by atoms with E-state index >= 15 is 0 Å². The molecule has 0 aliphatic carbocycles. The third kappa shape index (κ3) is 4.35. The average Bonchev–Trinajstić information content (AvgIpc) is 2.74. The van der Waals surface area contributed by atoms with Gasteiger partial charge in [0.05, 0.1) is 10.9 Å². The number of hydrogen-bond donors (Lipinski definition) is 2. The van der Waals surface area contributed by atoms with E-state index in [0.717, 1.165) is 40.3 Å². The first-order valence-corrected chi connectivity index (χ1v) is 9.39. The highest BCUT2D eigenvalue weighted by molar-refractivity contribution is 6.31. The smallest absolute Gasteiger partial charge is 0.223 e. The van der Waals surface area contributed by atoms with Crippen LogP contribution in [0.25, 0.3) is 10.9 Å². The SMILES string of the molecule is Clc1ccccc1CNc1ncc2c(NCCc3cccnc3)nccc2n1. The van der Waals surface area contributed by atoms with Crippen LogP contribution in [0, 0.1) is 0 Å².